The highest BCUT2D eigenvalue weighted by Gasteiger charge is 2.46. The summed E-state index contributed by atoms with van der Waals surface area (Å²) in [5.41, 5.74) is 4.31. The molecule has 4 saturated heterocycles. The fourth-order valence-electron chi connectivity index (χ4n) is 8.55. The molecule has 5 aliphatic heterocycles. The number of hydrogen-bond acceptors (Lipinski definition) is 7. The molecular weight excluding hydrogens is 576 g/mol. The van der Waals surface area contributed by atoms with E-state index in [0.29, 0.717) is 36.7 Å². The lowest BCUT2D eigenvalue weighted by Gasteiger charge is -2.40. The first-order chi connectivity index (χ1) is 20.1. The number of pyridine rings is 1. The zero-order chi connectivity index (χ0) is 27.6. The summed E-state index contributed by atoms with van der Waals surface area (Å²) in [6.07, 6.45) is 8.08. The number of halogens is 1. The van der Waals surface area contributed by atoms with Crippen LogP contribution in [-0.2, 0) is 13.0 Å². The average Bonchev–Trinajstić information content (AvgIpc) is 3.65. The van der Waals surface area contributed by atoms with Crippen LogP contribution < -0.4 is 19.9 Å². The van der Waals surface area contributed by atoms with Crippen LogP contribution in [0.25, 0.3) is 10.8 Å². The summed E-state index contributed by atoms with van der Waals surface area (Å²) in [5.74, 6) is 1.63. The summed E-state index contributed by atoms with van der Waals surface area (Å²) < 4.78 is 7.79. The monoisotopic (exact) mass is 612 g/mol. The van der Waals surface area contributed by atoms with Gasteiger partial charge in [0.2, 0.25) is 5.88 Å². The number of fused-ring (bicyclic) bond motifs is 5. The van der Waals surface area contributed by atoms with Gasteiger partial charge in [-0.1, -0.05) is 40.2 Å². The Morgan fingerprint density at radius 1 is 1.02 bits per heavy atom. The lowest BCUT2D eigenvalue weighted by molar-refractivity contribution is 0.110. The maximum Gasteiger partial charge on any atom is 0.234 e. The highest BCUT2D eigenvalue weighted by Crippen LogP contribution is 2.44. The standard InChI is InChI=1S/C33H37BrN6O/c34-28-7-1-5-22-6-2-8-29(30(22)28)38-16-11-25-27(20-38)26(17-35)32(41-21-33-12-3-14-39(33)15-4-13-33)37-31(25)40-23-9-10-24(40)19-36-18-23/h1-2,5-8,23-24,36H,3-4,9-16,18-21H2. The predicted molar refractivity (Wildman–Crippen MR) is 166 cm³/mol. The normalized spacial score (nSPS) is 24.9. The number of hydrogen-bond donors (Lipinski definition) is 1. The molecule has 8 rings (SSSR count). The third kappa shape index (κ3) is 4.15. The Morgan fingerprint density at radius 2 is 1.78 bits per heavy atom. The lowest BCUT2D eigenvalue weighted by Crippen LogP contribution is -2.53. The minimum Gasteiger partial charge on any atom is -0.475 e. The number of rotatable bonds is 5. The first-order valence-corrected chi connectivity index (χ1v) is 16.2. The molecule has 2 bridgehead atoms. The van der Waals surface area contributed by atoms with Crippen molar-refractivity contribution in [3.05, 3.63) is 57.6 Å². The van der Waals surface area contributed by atoms with E-state index < -0.39 is 0 Å². The maximum absolute atomic E-state index is 10.6. The summed E-state index contributed by atoms with van der Waals surface area (Å²) in [4.78, 5) is 12.9. The second-order valence-corrected chi connectivity index (χ2v) is 13.5. The zero-order valence-electron chi connectivity index (χ0n) is 23.5. The van der Waals surface area contributed by atoms with Gasteiger partial charge in [-0.25, -0.2) is 0 Å². The van der Waals surface area contributed by atoms with Gasteiger partial charge in [-0.05, 0) is 75.6 Å². The Kier molecular flexibility index (Phi) is 6.39. The molecule has 8 heteroatoms. The Labute approximate surface area is 250 Å². The molecule has 6 heterocycles. The fraction of sp³-hybridized carbons (Fsp3) is 0.515. The first kappa shape index (κ1) is 25.8. The fourth-order valence-corrected chi connectivity index (χ4v) is 9.14. The Morgan fingerprint density at radius 3 is 2.54 bits per heavy atom. The molecule has 0 spiro atoms. The molecule has 0 saturated carbocycles. The van der Waals surface area contributed by atoms with Crippen LogP contribution in [0.5, 0.6) is 5.88 Å². The molecule has 5 aliphatic rings. The van der Waals surface area contributed by atoms with Crippen molar-refractivity contribution in [2.24, 2.45) is 0 Å². The van der Waals surface area contributed by atoms with Gasteiger partial charge in [0.25, 0.3) is 0 Å². The number of anilines is 2. The van der Waals surface area contributed by atoms with E-state index in [4.69, 9.17) is 9.72 Å². The Hall–Kier alpha value is -2.86. The van der Waals surface area contributed by atoms with Crippen molar-refractivity contribution in [1.29, 1.82) is 5.26 Å². The molecule has 3 aromatic rings. The number of piperazine rings is 1. The number of aromatic nitrogens is 1. The van der Waals surface area contributed by atoms with Crippen LogP contribution in [0, 0.1) is 11.3 Å². The SMILES string of the molecule is N#Cc1c(OCC23CCCN2CCC3)nc(N2C3CCC2CNC3)c2c1CN(c1cccc3cccc(Br)c13)CC2. The van der Waals surface area contributed by atoms with Crippen molar-refractivity contribution < 1.29 is 4.74 Å². The molecule has 7 nitrogen and oxygen atoms in total. The van der Waals surface area contributed by atoms with Crippen molar-refractivity contribution in [2.45, 2.75) is 69.1 Å². The number of nitrogens with zero attached hydrogens (tertiary/aromatic N) is 5. The largest absolute Gasteiger partial charge is 0.475 e. The molecule has 0 aliphatic carbocycles. The topological polar surface area (TPSA) is 67.7 Å². The van der Waals surface area contributed by atoms with Crippen LogP contribution in [0.15, 0.2) is 40.9 Å². The number of nitriles is 1. The summed E-state index contributed by atoms with van der Waals surface area (Å²) in [6, 6.07) is 16.4. The summed E-state index contributed by atoms with van der Waals surface area (Å²) in [6.45, 7) is 6.53. The van der Waals surface area contributed by atoms with Gasteiger partial charge in [-0.15, -0.1) is 0 Å². The second kappa shape index (κ2) is 10.1. The first-order valence-electron chi connectivity index (χ1n) is 15.4. The van der Waals surface area contributed by atoms with Gasteiger partial charge in [0.05, 0.1) is 5.54 Å². The quantitative estimate of drug-likeness (QED) is 0.415. The third-order valence-corrected chi connectivity index (χ3v) is 11.2. The van der Waals surface area contributed by atoms with E-state index in [1.54, 1.807) is 0 Å². The van der Waals surface area contributed by atoms with Gasteiger partial charge in [-0.2, -0.15) is 10.2 Å². The number of ether oxygens (including phenoxy) is 1. The molecule has 2 aromatic carbocycles. The van der Waals surface area contributed by atoms with E-state index in [1.807, 2.05) is 0 Å². The molecule has 2 atom stereocenters. The van der Waals surface area contributed by atoms with Gasteiger partial charge in [0.1, 0.15) is 24.1 Å². The highest BCUT2D eigenvalue weighted by atomic mass is 79.9. The van der Waals surface area contributed by atoms with Crippen LogP contribution in [0.4, 0.5) is 11.5 Å². The van der Waals surface area contributed by atoms with Gasteiger partial charge < -0.3 is 19.9 Å². The second-order valence-electron chi connectivity index (χ2n) is 12.6. The summed E-state index contributed by atoms with van der Waals surface area (Å²) in [7, 11) is 0. The van der Waals surface area contributed by atoms with E-state index >= 15 is 0 Å². The smallest absolute Gasteiger partial charge is 0.234 e. The zero-order valence-corrected chi connectivity index (χ0v) is 25.1. The van der Waals surface area contributed by atoms with Crippen LogP contribution in [0.1, 0.15) is 55.2 Å². The van der Waals surface area contributed by atoms with E-state index in [2.05, 4.69) is 78.4 Å². The lowest BCUT2D eigenvalue weighted by atomic mass is 9.93. The average molecular weight is 614 g/mol. The van der Waals surface area contributed by atoms with E-state index in [9.17, 15) is 5.26 Å². The third-order valence-electron chi connectivity index (χ3n) is 10.5. The van der Waals surface area contributed by atoms with Gasteiger partial charge in [-0.3, -0.25) is 4.90 Å². The van der Waals surface area contributed by atoms with Crippen molar-refractivity contribution in [1.82, 2.24) is 15.2 Å². The van der Waals surface area contributed by atoms with Crippen molar-refractivity contribution in [2.75, 3.05) is 49.1 Å². The molecule has 41 heavy (non-hydrogen) atoms. The maximum atomic E-state index is 10.6. The van der Waals surface area contributed by atoms with Crippen molar-refractivity contribution in [3.8, 4) is 11.9 Å². The van der Waals surface area contributed by atoms with Crippen LogP contribution in [0.3, 0.4) is 0 Å². The summed E-state index contributed by atoms with van der Waals surface area (Å²) >= 11 is 3.82. The van der Waals surface area contributed by atoms with Crippen LogP contribution in [-0.4, -0.2) is 66.8 Å². The molecule has 0 radical (unpaired) electrons. The molecule has 2 unspecified atom stereocenters. The Balaban J connectivity index is 1.22. The number of benzene rings is 2. The predicted octanol–water partition coefficient (Wildman–Crippen LogP) is 5.38. The molecule has 0 amide bonds. The minimum absolute atomic E-state index is 0.111. The van der Waals surface area contributed by atoms with Crippen molar-refractivity contribution in [3.63, 3.8) is 0 Å². The van der Waals surface area contributed by atoms with Crippen LogP contribution >= 0.6 is 15.9 Å². The minimum atomic E-state index is 0.111. The van der Waals surface area contributed by atoms with E-state index in [-0.39, 0.29) is 5.54 Å². The molecule has 1 N–H and O–H groups in total. The molecule has 212 valence electrons. The van der Waals surface area contributed by atoms with Gasteiger partial charge >= 0.3 is 0 Å². The molecule has 4 fully saturated rings. The number of nitrogens with one attached hydrogen (secondary N) is 1. The van der Waals surface area contributed by atoms with Gasteiger partial charge in [0.15, 0.2) is 0 Å². The molecular formula is C33H37BrN6O. The Bertz CT molecular complexity index is 1520. The summed E-state index contributed by atoms with van der Waals surface area (Å²) in [5, 5.41) is 16.7. The van der Waals surface area contributed by atoms with E-state index in [1.165, 1.54) is 60.5 Å². The van der Waals surface area contributed by atoms with E-state index in [0.717, 1.165) is 55.0 Å². The van der Waals surface area contributed by atoms with Crippen LogP contribution in [0.2, 0.25) is 0 Å². The molecule has 1 aromatic heterocycles. The van der Waals surface area contributed by atoms with Crippen molar-refractivity contribution >= 4 is 38.2 Å². The van der Waals surface area contributed by atoms with Gasteiger partial charge in [0, 0.05) is 64.9 Å². The highest BCUT2D eigenvalue weighted by molar-refractivity contribution is 9.10.